The molecule has 1 aliphatic heterocycles. The molecule has 0 bridgehead atoms. The number of hydrogen-bond acceptors (Lipinski definition) is 3. The highest BCUT2D eigenvalue weighted by molar-refractivity contribution is 5.89. The summed E-state index contributed by atoms with van der Waals surface area (Å²) in [6.07, 6.45) is 5.67. The number of carbonyl (C=O) groups excluding carboxylic acids is 1. The third-order valence-corrected chi connectivity index (χ3v) is 6.57. The van der Waals surface area contributed by atoms with Crippen LogP contribution in [-0.4, -0.2) is 38.1 Å². The third-order valence-electron chi connectivity index (χ3n) is 6.57. The van der Waals surface area contributed by atoms with Gasteiger partial charge in [-0.1, -0.05) is 39.2 Å². The van der Waals surface area contributed by atoms with Gasteiger partial charge in [-0.3, -0.25) is 4.79 Å². The fraction of sp³-hybridized carbons (Fsp3) is 0.667. The first-order valence-corrected chi connectivity index (χ1v) is 9.61. The van der Waals surface area contributed by atoms with Crippen LogP contribution in [0.3, 0.4) is 0 Å². The lowest BCUT2D eigenvalue weighted by molar-refractivity contribution is -0.146. The second-order valence-electron chi connectivity index (χ2n) is 7.52. The maximum atomic E-state index is 13.4. The SMILES string of the molecule is CCC(CC)(C(=O)N1CC(C2CCC2)C1)c1ccc(OC)c(OC)c1. The average Bonchev–Trinajstić information content (AvgIpc) is 2.57. The Kier molecular flexibility index (Phi) is 5.26. The molecule has 0 spiro atoms. The van der Waals surface area contributed by atoms with E-state index in [2.05, 4.69) is 18.7 Å². The molecule has 0 aromatic heterocycles. The first-order chi connectivity index (χ1) is 12.1. The highest BCUT2D eigenvalue weighted by atomic mass is 16.5. The van der Waals surface area contributed by atoms with Gasteiger partial charge in [0.2, 0.25) is 5.91 Å². The van der Waals surface area contributed by atoms with Crippen molar-refractivity contribution in [2.75, 3.05) is 27.3 Å². The van der Waals surface area contributed by atoms with Crippen LogP contribution in [0.25, 0.3) is 0 Å². The number of nitrogens with zero attached hydrogens (tertiary/aromatic N) is 1. The van der Waals surface area contributed by atoms with Gasteiger partial charge in [-0.15, -0.1) is 0 Å². The van der Waals surface area contributed by atoms with E-state index in [-0.39, 0.29) is 5.91 Å². The molecule has 1 heterocycles. The first kappa shape index (κ1) is 18.1. The highest BCUT2D eigenvalue weighted by Gasteiger charge is 2.46. The quantitative estimate of drug-likeness (QED) is 0.749. The Labute approximate surface area is 151 Å². The molecular weight excluding hydrogens is 314 g/mol. The zero-order valence-electron chi connectivity index (χ0n) is 16.0. The molecule has 0 N–H and O–H groups in total. The van der Waals surface area contributed by atoms with E-state index in [4.69, 9.17) is 9.47 Å². The summed E-state index contributed by atoms with van der Waals surface area (Å²) in [4.78, 5) is 15.5. The lowest BCUT2D eigenvalue weighted by Crippen LogP contribution is -2.58. The predicted octanol–water partition coefficient (Wildman–Crippen LogP) is 4.02. The van der Waals surface area contributed by atoms with E-state index in [9.17, 15) is 4.79 Å². The lowest BCUT2D eigenvalue weighted by atomic mass is 9.70. The molecular formula is C21H31NO3. The average molecular weight is 345 g/mol. The van der Waals surface area contributed by atoms with Crippen LogP contribution < -0.4 is 9.47 Å². The van der Waals surface area contributed by atoms with Gasteiger partial charge in [-0.2, -0.15) is 0 Å². The molecule has 3 rings (SSSR count). The molecule has 1 aliphatic carbocycles. The molecule has 0 unspecified atom stereocenters. The Bertz CT molecular complexity index is 614. The van der Waals surface area contributed by atoms with Gasteiger partial charge in [-0.25, -0.2) is 0 Å². The molecule has 2 fully saturated rings. The zero-order valence-corrected chi connectivity index (χ0v) is 16.0. The minimum absolute atomic E-state index is 0.278. The normalized spacial score (nSPS) is 18.5. The van der Waals surface area contributed by atoms with Crippen LogP contribution in [0.2, 0.25) is 0 Å². The zero-order chi connectivity index (χ0) is 18.0. The summed E-state index contributed by atoms with van der Waals surface area (Å²) in [5, 5.41) is 0. The Morgan fingerprint density at radius 2 is 1.72 bits per heavy atom. The van der Waals surface area contributed by atoms with Crippen molar-refractivity contribution in [3.63, 3.8) is 0 Å². The molecule has 0 atom stereocenters. The molecule has 138 valence electrons. The van der Waals surface area contributed by atoms with Crippen LogP contribution in [0.4, 0.5) is 0 Å². The summed E-state index contributed by atoms with van der Waals surface area (Å²) in [5.41, 5.74) is 0.566. The van der Waals surface area contributed by atoms with E-state index in [0.29, 0.717) is 11.5 Å². The van der Waals surface area contributed by atoms with E-state index in [1.807, 2.05) is 18.2 Å². The predicted molar refractivity (Wildman–Crippen MR) is 99.2 cm³/mol. The Balaban J connectivity index is 1.82. The van der Waals surface area contributed by atoms with E-state index >= 15 is 0 Å². The van der Waals surface area contributed by atoms with Crippen LogP contribution in [0.1, 0.15) is 51.5 Å². The number of carbonyl (C=O) groups is 1. The largest absolute Gasteiger partial charge is 0.493 e. The molecule has 1 aromatic carbocycles. The number of likely N-dealkylation sites (tertiary alicyclic amines) is 1. The van der Waals surface area contributed by atoms with Crippen molar-refractivity contribution >= 4 is 5.91 Å². The van der Waals surface area contributed by atoms with Gasteiger partial charge in [0.05, 0.1) is 19.6 Å². The van der Waals surface area contributed by atoms with E-state index in [1.54, 1.807) is 14.2 Å². The Hall–Kier alpha value is -1.71. The Morgan fingerprint density at radius 1 is 1.08 bits per heavy atom. The van der Waals surface area contributed by atoms with Crippen molar-refractivity contribution in [3.8, 4) is 11.5 Å². The van der Waals surface area contributed by atoms with Crippen molar-refractivity contribution in [1.82, 2.24) is 4.90 Å². The van der Waals surface area contributed by atoms with Gasteiger partial charge in [0.15, 0.2) is 11.5 Å². The van der Waals surface area contributed by atoms with E-state index < -0.39 is 5.41 Å². The fourth-order valence-corrected chi connectivity index (χ4v) is 4.41. The van der Waals surface area contributed by atoms with Gasteiger partial charge in [0.1, 0.15) is 0 Å². The standard InChI is InChI=1S/C21H31NO3/c1-5-21(6-2,17-10-11-18(24-3)19(12-17)25-4)20(23)22-13-16(14-22)15-8-7-9-15/h10-12,15-16H,5-9,13-14H2,1-4H3. The fourth-order valence-electron chi connectivity index (χ4n) is 4.41. The van der Waals surface area contributed by atoms with Crippen molar-refractivity contribution in [3.05, 3.63) is 23.8 Å². The Morgan fingerprint density at radius 3 is 2.20 bits per heavy atom. The second kappa shape index (κ2) is 7.27. The summed E-state index contributed by atoms with van der Waals surface area (Å²) in [6, 6.07) is 5.91. The molecule has 2 aliphatic rings. The van der Waals surface area contributed by atoms with Crippen molar-refractivity contribution in [2.45, 2.75) is 51.4 Å². The molecule has 4 nitrogen and oxygen atoms in total. The number of hydrogen-bond donors (Lipinski definition) is 0. The number of benzene rings is 1. The number of rotatable bonds is 7. The smallest absolute Gasteiger partial charge is 0.233 e. The lowest BCUT2D eigenvalue weighted by Gasteiger charge is -2.49. The maximum Gasteiger partial charge on any atom is 0.233 e. The van der Waals surface area contributed by atoms with Crippen LogP contribution in [0.15, 0.2) is 18.2 Å². The highest BCUT2D eigenvalue weighted by Crippen LogP contribution is 2.43. The van der Waals surface area contributed by atoms with E-state index in [1.165, 1.54) is 19.3 Å². The summed E-state index contributed by atoms with van der Waals surface area (Å²) in [6.45, 7) is 6.11. The monoisotopic (exact) mass is 345 g/mol. The van der Waals surface area contributed by atoms with E-state index in [0.717, 1.165) is 43.3 Å². The summed E-state index contributed by atoms with van der Waals surface area (Å²) < 4.78 is 10.8. The minimum Gasteiger partial charge on any atom is -0.493 e. The number of methoxy groups -OCH3 is 2. The third kappa shape index (κ3) is 3.00. The minimum atomic E-state index is -0.468. The van der Waals surface area contributed by atoms with Crippen LogP contribution in [-0.2, 0) is 10.2 Å². The summed E-state index contributed by atoms with van der Waals surface area (Å²) in [7, 11) is 3.28. The van der Waals surface area contributed by atoms with Crippen LogP contribution in [0, 0.1) is 11.8 Å². The molecule has 1 saturated carbocycles. The van der Waals surface area contributed by atoms with Crippen molar-refractivity contribution in [1.29, 1.82) is 0 Å². The van der Waals surface area contributed by atoms with Gasteiger partial charge in [0, 0.05) is 13.1 Å². The van der Waals surface area contributed by atoms with Gasteiger partial charge in [0.25, 0.3) is 0 Å². The topological polar surface area (TPSA) is 38.8 Å². The summed E-state index contributed by atoms with van der Waals surface area (Å²) >= 11 is 0. The molecule has 1 aromatic rings. The van der Waals surface area contributed by atoms with Crippen molar-refractivity contribution < 1.29 is 14.3 Å². The maximum absolute atomic E-state index is 13.4. The molecule has 0 radical (unpaired) electrons. The molecule has 1 saturated heterocycles. The van der Waals surface area contributed by atoms with Gasteiger partial charge >= 0.3 is 0 Å². The van der Waals surface area contributed by atoms with Gasteiger partial charge in [-0.05, 0) is 42.4 Å². The summed E-state index contributed by atoms with van der Waals surface area (Å²) in [5.74, 6) is 3.27. The number of ether oxygens (including phenoxy) is 2. The molecule has 4 heteroatoms. The molecule has 25 heavy (non-hydrogen) atoms. The first-order valence-electron chi connectivity index (χ1n) is 9.61. The molecule has 1 amide bonds. The number of amides is 1. The van der Waals surface area contributed by atoms with Crippen molar-refractivity contribution in [2.24, 2.45) is 11.8 Å². The second-order valence-corrected chi connectivity index (χ2v) is 7.52. The van der Waals surface area contributed by atoms with Crippen LogP contribution >= 0.6 is 0 Å². The van der Waals surface area contributed by atoms with Crippen LogP contribution in [0.5, 0.6) is 11.5 Å². The van der Waals surface area contributed by atoms with Gasteiger partial charge < -0.3 is 14.4 Å².